The van der Waals surface area contributed by atoms with E-state index >= 15 is 0 Å². The molecule has 0 aliphatic rings. The van der Waals surface area contributed by atoms with Gasteiger partial charge in [0.05, 0.1) is 0 Å². The lowest BCUT2D eigenvalue weighted by molar-refractivity contribution is 0.112. The normalized spacial score (nSPS) is 10.3. The van der Waals surface area contributed by atoms with Crippen molar-refractivity contribution in [1.82, 2.24) is 20.2 Å². The van der Waals surface area contributed by atoms with Crippen molar-refractivity contribution in [3.63, 3.8) is 0 Å². The summed E-state index contributed by atoms with van der Waals surface area (Å²) in [4.78, 5) is 10.8. The van der Waals surface area contributed by atoms with E-state index in [9.17, 15) is 4.79 Å². The molecule has 0 fully saturated rings. The van der Waals surface area contributed by atoms with Crippen LogP contribution in [0.25, 0.3) is 11.4 Å². The second kappa shape index (κ2) is 3.78. The summed E-state index contributed by atoms with van der Waals surface area (Å²) in [6.45, 7) is 0. The predicted molar refractivity (Wildman–Crippen MR) is 54.6 cm³/mol. The minimum atomic E-state index is 0.511. The van der Waals surface area contributed by atoms with E-state index in [2.05, 4.69) is 15.5 Å². The van der Waals surface area contributed by atoms with Gasteiger partial charge in [-0.05, 0) is 28.6 Å². The highest BCUT2D eigenvalue weighted by atomic mass is 35.5. The SMILES string of the molecule is Cn1nnnc1-c1cc(Cl)ccc1C=O. The predicted octanol–water partition coefficient (Wildman–Crippen LogP) is 1.34. The zero-order valence-electron chi connectivity index (χ0n) is 7.88. The van der Waals surface area contributed by atoms with E-state index in [0.717, 1.165) is 6.29 Å². The van der Waals surface area contributed by atoms with Crippen LogP contribution in [0.3, 0.4) is 0 Å². The number of rotatable bonds is 2. The molecule has 0 spiro atoms. The summed E-state index contributed by atoms with van der Waals surface area (Å²) >= 11 is 5.85. The molecule has 0 bridgehead atoms. The van der Waals surface area contributed by atoms with Gasteiger partial charge in [0, 0.05) is 23.2 Å². The van der Waals surface area contributed by atoms with Crippen molar-refractivity contribution in [3.8, 4) is 11.4 Å². The Balaban J connectivity index is 2.65. The minimum absolute atomic E-state index is 0.511. The molecule has 0 unspecified atom stereocenters. The van der Waals surface area contributed by atoms with Crippen molar-refractivity contribution in [2.75, 3.05) is 0 Å². The van der Waals surface area contributed by atoms with Crippen molar-refractivity contribution >= 4 is 17.9 Å². The van der Waals surface area contributed by atoms with Crippen LogP contribution in [0.4, 0.5) is 0 Å². The number of halogens is 1. The Morgan fingerprint density at radius 3 is 2.87 bits per heavy atom. The third-order valence-corrected chi connectivity index (χ3v) is 2.24. The zero-order chi connectivity index (χ0) is 10.8. The van der Waals surface area contributed by atoms with E-state index in [1.165, 1.54) is 4.68 Å². The molecule has 2 rings (SSSR count). The first-order valence-corrected chi connectivity index (χ1v) is 4.57. The fraction of sp³-hybridized carbons (Fsp3) is 0.111. The highest BCUT2D eigenvalue weighted by Gasteiger charge is 2.11. The Bertz CT molecular complexity index is 509. The molecule has 6 heteroatoms. The van der Waals surface area contributed by atoms with Crippen LogP contribution >= 0.6 is 11.6 Å². The molecule has 2 aromatic rings. The Kier molecular flexibility index (Phi) is 2.47. The molecule has 5 nitrogen and oxygen atoms in total. The van der Waals surface area contributed by atoms with Crippen molar-refractivity contribution in [2.24, 2.45) is 7.05 Å². The first-order valence-electron chi connectivity index (χ1n) is 4.20. The van der Waals surface area contributed by atoms with Crippen molar-refractivity contribution in [3.05, 3.63) is 28.8 Å². The Hall–Kier alpha value is -1.75. The molecule has 1 aromatic carbocycles. The second-order valence-corrected chi connectivity index (χ2v) is 3.41. The summed E-state index contributed by atoms with van der Waals surface area (Å²) in [5, 5.41) is 11.6. The lowest BCUT2D eigenvalue weighted by atomic mass is 10.1. The monoisotopic (exact) mass is 222 g/mol. The van der Waals surface area contributed by atoms with E-state index < -0.39 is 0 Å². The standard InChI is InChI=1S/C9H7ClN4O/c1-14-9(11-12-13-14)8-4-7(10)3-2-6(8)5-15/h2-5H,1H3. The number of hydrogen-bond donors (Lipinski definition) is 0. The van der Waals surface area contributed by atoms with Gasteiger partial charge < -0.3 is 0 Å². The van der Waals surface area contributed by atoms with Gasteiger partial charge in [-0.3, -0.25) is 4.79 Å². The third-order valence-electron chi connectivity index (χ3n) is 2.00. The maximum absolute atomic E-state index is 10.8. The Labute approximate surface area is 90.7 Å². The molecule has 1 aromatic heterocycles. The van der Waals surface area contributed by atoms with Gasteiger partial charge in [0.2, 0.25) is 0 Å². The average Bonchev–Trinajstić information content (AvgIpc) is 2.64. The maximum Gasteiger partial charge on any atom is 0.182 e. The van der Waals surface area contributed by atoms with Crippen LogP contribution in [0.2, 0.25) is 5.02 Å². The third kappa shape index (κ3) is 1.73. The number of nitrogens with zero attached hydrogens (tertiary/aromatic N) is 4. The van der Waals surface area contributed by atoms with Gasteiger partial charge in [0.25, 0.3) is 0 Å². The number of aryl methyl sites for hydroxylation is 1. The van der Waals surface area contributed by atoms with Crippen LogP contribution in [0, 0.1) is 0 Å². The van der Waals surface area contributed by atoms with Crippen molar-refractivity contribution < 1.29 is 4.79 Å². The molecule has 76 valence electrons. The van der Waals surface area contributed by atoms with Crippen LogP contribution in [0.5, 0.6) is 0 Å². The molecule has 0 N–H and O–H groups in total. The number of carbonyl (C=O) groups is 1. The first kappa shape index (κ1) is 9.79. The molecule has 0 aliphatic heterocycles. The summed E-state index contributed by atoms with van der Waals surface area (Å²) in [5.74, 6) is 0.514. The van der Waals surface area contributed by atoms with E-state index in [1.807, 2.05) is 0 Å². The molecule has 1 heterocycles. The second-order valence-electron chi connectivity index (χ2n) is 2.98. The molecular formula is C9H7ClN4O. The number of hydrogen-bond acceptors (Lipinski definition) is 4. The molecule has 0 amide bonds. The summed E-state index contributed by atoms with van der Waals surface area (Å²) < 4.78 is 1.48. The first-order chi connectivity index (χ1) is 7.22. The summed E-state index contributed by atoms with van der Waals surface area (Å²) in [5.41, 5.74) is 1.14. The maximum atomic E-state index is 10.8. The highest BCUT2D eigenvalue weighted by Crippen LogP contribution is 2.23. The van der Waals surface area contributed by atoms with Gasteiger partial charge in [-0.2, -0.15) is 0 Å². The fourth-order valence-electron chi connectivity index (χ4n) is 1.28. The van der Waals surface area contributed by atoms with Crippen molar-refractivity contribution in [2.45, 2.75) is 0 Å². The Morgan fingerprint density at radius 1 is 1.47 bits per heavy atom. The number of benzene rings is 1. The quantitative estimate of drug-likeness (QED) is 0.720. The topological polar surface area (TPSA) is 60.7 Å². The number of aldehydes is 1. The average molecular weight is 223 g/mol. The Morgan fingerprint density at radius 2 is 2.27 bits per heavy atom. The number of aromatic nitrogens is 4. The molecule has 15 heavy (non-hydrogen) atoms. The van der Waals surface area contributed by atoms with E-state index in [1.54, 1.807) is 25.2 Å². The fourth-order valence-corrected chi connectivity index (χ4v) is 1.45. The van der Waals surface area contributed by atoms with Gasteiger partial charge in [0.1, 0.15) is 0 Å². The molecule has 0 aliphatic carbocycles. The van der Waals surface area contributed by atoms with Crippen LogP contribution in [0.1, 0.15) is 10.4 Å². The van der Waals surface area contributed by atoms with Crippen LogP contribution in [-0.2, 0) is 7.05 Å². The van der Waals surface area contributed by atoms with Crippen LogP contribution in [0.15, 0.2) is 18.2 Å². The zero-order valence-corrected chi connectivity index (χ0v) is 8.64. The highest BCUT2D eigenvalue weighted by molar-refractivity contribution is 6.31. The van der Waals surface area contributed by atoms with Crippen LogP contribution < -0.4 is 0 Å². The van der Waals surface area contributed by atoms with Gasteiger partial charge >= 0.3 is 0 Å². The molecule has 0 saturated heterocycles. The van der Waals surface area contributed by atoms with Gasteiger partial charge in [0.15, 0.2) is 12.1 Å². The summed E-state index contributed by atoms with van der Waals surface area (Å²) in [6.07, 6.45) is 0.750. The lowest BCUT2D eigenvalue weighted by Gasteiger charge is -2.02. The minimum Gasteiger partial charge on any atom is -0.298 e. The van der Waals surface area contributed by atoms with Crippen LogP contribution in [-0.4, -0.2) is 26.5 Å². The lowest BCUT2D eigenvalue weighted by Crippen LogP contribution is -1.97. The summed E-state index contributed by atoms with van der Waals surface area (Å²) in [6, 6.07) is 4.95. The van der Waals surface area contributed by atoms with E-state index in [4.69, 9.17) is 11.6 Å². The van der Waals surface area contributed by atoms with Gasteiger partial charge in [-0.15, -0.1) is 5.10 Å². The largest absolute Gasteiger partial charge is 0.298 e. The van der Waals surface area contributed by atoms with E-state index in [0.29, 0.717) is 22.0 Å². The molecule has 0 radical (unpaired) electrons. The van der Waals surface area contributed by atoms with Crippen molar-refractivity contribution in [1.29, 1.82) is 0 Å². The smallest absolute Gasteiger partial charge is 0.182 e. The number of carbonyl (C=O) groups excluding carboxylic acids is 1. The molecular weight excluding hydrogens is 216 g/mol. The van der Waals surface area contributed by atoms with E-state index in [-0.39, 0.29) is 0 Å². The molecule has 0 saturated carbocycles. The molecule has 0 atom stereocenters. The van der Waals surface area contributed by atoms with Gasteiger partial charge in [-0.1, -0.05) is 11.6 Å². The summed E-state index contributed by atoms with van der Waals surface area (Å²) in [7, 11) is 1.70. The number of tetrazole rings is 1. The van der Waals surface area contributed by atoms with Gasteiger partial charge in [-0.25, -0.2) is 4.68 Å².